The number of nitrogens with zero attached hydrogens (tertiary/aromatic N) is 2. The van der Waals surface area contributed by atoms with Crippen LogP contribution in [0, 0.1) is 5.92 Å². The summed E-state index contributed by atoms with van der Waals surface area (Å²) in [6, 6.07) is 7.77. The average Bonchev–Trinajstić information content (AvgIpc) is 2.48. The third-order valence-electron chi connectivity index (χ3n) is 2.91. The second kappa shape index (κ2) is 7.01. The molecule has 20 heavy (non-hydrogen) atoms. The molecule has 1 aromatic carbocycles. The highest BCUT2D eigenvalue weighted by atomic mass is 16.5. The van der Waals surface area contributed by atoms with Gasteiger partial charge in [-0.2, -0.15) is 0 Å². The van der Waals surface area contributed by atoms with Crippen LogP contribution < -0.4 is 10.1 Å². The lowest BCUT2D eigenvalue weighted by Crippen LogP contribution is -2.19. The Balaban J connectivity index is 2.03. The molecule has 2 aromatic rings. The van der Waals surface area contributed by atoms with Gasteiger partial charge >= 0.3 is 0 Å². The van der Waals surface area contributed by atoms with E-state index >= 15 is 0 Å². The van der Waals surface area contributed by atoms with Crippen LogP contribution >= 0.6 is 0 Å². The summed E-state index contributed by atoms with van der Waals surface area (Å²) in [5.41, 5.74) is 2.06. The van der Waals surface area contributed by atoms with Crippen molar-refractivity contribution >= 4 is 0 Å². The van der Waals surface area contributed by atoms with Crippen molar-refractivity contribution < 1.29 is 4.74 Å². The topological polar surface area (TPSA) is 47.0 Å². The molecule has 0 amide bonds. The monoisotopic (exact) mass is 271 g/mol. The van der Waals surface area contributed by atoms with Gasteiger partial charge in [0.1, 0.15) is 5.75 Å². The van der Waals surface area contributed by atoms with E-state index in [9.17, 15) is 0 Å². The number of rotatable bonds is 6. The summed E-state index contributed by atoms with van der Waals surface area (Å²) in [7, 11) is 1.66. The van der Waals surface area contributed by atoms with Gasteiger partial charge in [-0.15, -0.1) is 0 Å². The van der Waals surface area contributed by atoms with E-state index in [1.807, 2.05) is 36.7 Å². The Morgan fingerprint density at radius 1 is 1.20 bits per heavy atom. The van der Waals surface area contributed by atoms with E-state index in [0.717, 1.165) is 35.8 Å². The van der Waals surface area contributed by atoms with Crippen LogP contribution in [-0.4, -0.2) is 23.6 Å². The van der Waals surface area contributed by atoms with Crippen LogP contribution in [0.25, 0.3) is 11.4 Å². The van der Waals surface area contributed by atoms with Crippen molar-refractivity contribution in [2.75, 3.05) is 13.7 Å². The van der Waals surface area contributed by atoms with Gasteiger partial charge in [-0.05, 0) is 24.6 Å². The minimum atomic E-state index is 0.645. The summed E-state index contributed by atoms with van der Waals surface area (Å²) in [5, 5.41) is 3.38. The number of methoxy groups -OCH3 is 1. The minimum absolute atomic E-state index is 0.645. The molecule has 4 heteroatoms. The van der Waals surface area contributed by atoms with Gasteiger partial charge in [0.25, 0.3) is 0 Å². The first-order chi connectivity index (χ1) is 9.69. The highest BCUT2D eigenvalue weighted by molar-refractivity contribution is 5.57. The Kier molecular flexibility index (Phi) is 5.07. The van der Waals surface area contributed by atoms with Crippen molar-refractivity contribution in [1.82, 2.24) is 15.3 Å². The van der Waals surface area contributed by atoms with E-state index < -0.39 is 0 Å². The van der Waals surface area contributed by atoms with Crippen LogP contribution in [-0.2, 0) is 6.54 Å². The largest absolute Gasteiger partial charge is 0.497 e. The molecule has 2 rings (SSSR count). The van der Waals surface area contributed by atoms with Crippen LogP contribution in [0.4, 0.5) is 0 Å². The third-order valence-corrected chi connectivity index (χ3v) is 2.91. The van der Waals surface area contributed by atoms with Gasteiger partial charge in [0, 0.05) is 30.1 Å². The van der Waals surface area contributed by atoms with E-state index in [2.05, 4.69) is 29.1 Å². The van der Waals surface area contributed by atoms with E-state index in [1.54, 1.807) is 7.11 Å². The smallest absolute Gasteiger partial charge is 0.159 e. The van der Waals surface area contributed by atoms with Gasteiger partial charge < -0.3 is 10.1 Å². The molecule has 1 heterocycles. The van der Waals surface area contributed by atoms with Gasteiger partial charge in [0.05, 0.1) is 7.11 Å². The van der Waals surface area contributed by atoms with Crippen molar-refractivity contribution in [3.05, 3.63) is 42.2 Å². The number of nitrogens with one attached hydrogen (secondary N) is 1. The molecule has 1 aromatic heterocycles. The standard InChI is InChI=1S/C16H21N3O/c1-12(2)8-17-9-13-10-18-16(19-11-13)14-5-4-6-15(7-14)20-3/h4-7,10-12,17H,8-9H2,1-3H3. The van der Waals surface area contributed by atoms with E-state index in [1.165, 1.54) is 0 Å². The molecule has 0 fully saturated rings. The fourth-order valence-electron chi connectivity index (χ4n) is 1.86. The summed E-state index contributed by atoms with van der Waals surface area (Å²) in [5.74, 6) is 2.18. The number of hydrogen-bond acceptors (Lipinski definition) is 4. The molecule has 0 unspecified atom stereocenters. The summed E-state index contributed by atoms with van der Waals surface area (Å²) in [4.78, 5) is 8.83. The summed E-state index contributed by atoms with van der Waals surface area (Å²) in [6.45, 7) is 6.18. The Bertz CT molecular complexity index is 538. The van der Waals surface area contributed by atoms with Crippen LogP contribution in [0.15, 0.2) is 36.7 Å². The zero-order valence-electron chi connectivity index (χ0n) is 12.3. The fourth-order valence-corrected chi connectivity index (χ4v) is 1.86. The minimum Gasteiger partial charge on any atom is -0.497 e. The molecule has 0 bridgehead atoms. The molecular weight excluding hydrogens is 250 g/mol. The number of hydrogen-bond donors (Lipinski definition) is 1. The molecule has 0 saturated heterocycles. The molecule has 0 saturated carbocycles. The molecule has 0 radical (unpaired) electrons. The normalized spacial score (nSPS) is 10.8. The first-order valence-corrected chi connectivity index (χ1v) is 6.85. The van der Waals surface area contributed by atoms with Crippen LogP contribution in [0.5, 0.6) is 5.75 Å². The van der Waals surface area contributed by atoms with Crippen LogP contribution in [0.2, 0.25) is 0 Å². The summed E-state index contributed by atoms with van der Waals surface area (Å²) >= 11 is 0. The van der Waals surface area contributed by atoms with Crippen molar-refractivity contribution in [3.8, 4) is 17.1 Å². The zero-order valence-corrected chi connectivity index (χ0v) is 12.3. The van der Waals surface area contributed by atoms with Crippen molar-refractivity contribution in [1.29, 1.82) is 0 Å². The van der Waals surface area contributed by atoms with Gasteiger partial charge in [-0.1, -0.05) is 26.0 Å². The molecule has 0 atom stereocenters. The van der Waals surface area contributed by atoms with E-state index in [-0.39, 0.29) is 0 Å². The van der Waals surface area contributed by atoms with Crippen LogP contribution in [0.3, 0.4) is 0 Å². The molecule has 0 aliphatic rings. The molecule has 106 valence electrons. The lowest BCUT2D eigenvalue weighted by Gasteiger charge is -2.07. The Labute approximate surface area is 120 Å². The van der Waals surface area contributed by atoms with Gasteiger partial charge in [0.15, 0.2) is 5.82 Å². The average molecular weight is 271 g/mol. The summed E-state index contributed by atoms with van der Waals surface area (Å²) in [6.07, 6.45) is 3.74. The lowest BCUT2D eigenvalue weighted by atomic mass is 10.2. The van der Waals surface area contributed by atoms with E-state index in [0.29, 0.717) is 5.92 Å². The Morgan fingerprint density at radius 2 is 1.95 bits per heavy atom. The molecule has 0 spiro atoms. The van der Waals surface area contributed by atoms with E-state index in [4.69, 9.17) is 4.74 Å². The van der Waals surface area contributed by atoms with Crippen molar-refractivity contribution in [2.45, 2.75) is 20.4 Å². The first kappa shape index (κ1) is 14.5. The second-order valence-electron chi connectivity index (χ2n) is 5.17. The third kappa shape index (κ3) is 4.03. The number of aromatic nitrogens is 2. The fraction of sp³-hybridized carbons (Fsp3) is 0.375. The zero-order chi connectivity index (χ0) is 14.4. The maximum atomic E-state index is 5.21. The molecule has 0 aliphatic carbocycles. The van der Waals surface area contributed by atoms with Crippen molar-refractivity contribution in [3.63, 3.8) is 0 Å². The number of benzene rings is 1. The van der Waals surface area contributed by atoms with Gasteiger partial charge in [-0.3, -0.25) is 0 Å². The summed E-state index contributed by atoms with van der Waals surface area (Å²) < 4.78 is 5.21. The van der Waals surface area contributed by atoms with Gasteiger partial charge in [-0.25, -0.2) is 9.97 Å². The van der Waals surface area contributed by atoms with Gasteiger partial charge in [0.2, 0.25) is 0 Å². The predicted molar refractivity (Wildman–Crippen MR) is 80.6 cm³/mol. The second-order valence-corrected chi connectivity index (χ2v) is 5.17. The first-order valence-electron chi connectivity index (χ1n) is 6.85. The molecule has 1 N–H and O–H groups in total. The quantitative estimate of drug-likeness (QED) is 0.877. The SMILES string of the molecule is COc1cccc(-c2ncc(CNCC(C)C)cn2)c1. The maximum absolute atomic E-state index is 5.21. The van der Waals surface area contributed by atoms with Crippen molar-refractivity contribution in [2.24, 2.45) is 5.92 Å². The highest BCUT2D eigenvalue weighted by Gasteiger charge is 2.03. The Morgan fingerprint density at radius 3 is 2.60 bits per heavy atom. The lowest BCUT2D eigenvalue weighted by molar-refractivity contribution is 0.415. The highest BCUT2D eigenvalue weighted by Crippen LogP contribution is 2.20. The predicted octanol–water partition coefficient (Wildman–Crippen LogP) is 2.90. The molecular formula is C16H21N3O. The Hall–Kier alpha value is -1.94. The number of ether oxygens (including phenoxy) is 1. The maximum Gasteiger partial charge on any atom is 0.159 e. The molecule has 0 aliphatic heterocycles. The molecule has 4 nitrogen and oxygen atoms in total. The van der Waals surface area contributed by atoms with Crippen LogP contribution in [0.1, 0.15) is 19.4 Å².